The van der Waals surface area contributed by atoms with Crippen molar-refractivity contribution in [3.05, 3.63) is 76.7 Å². The number of halogens is 1. The predicted octanol–water partition coefficient (Wildman–Crippen LogP) is 4.35. The lowest BCUT2D eigenvalue weighted by molar-refractivity contribution is 0.0951. The van der Waals surface area contributed by atoms with E-state index in [4.69, 9.17) is 11.6 Å². The Morgan fingerprint density at radius 2 is 1.77 bits per heavy atom. The van der Waals surface area contributed by atoms with E-state index in [9.17, 15) is 4.79 Å². The van der Waals surface area contributed by atoms with Crippen molar-refractivity contribution in [3.8, 4) is 0 Å². The van der Waals surface area contributed by atoms with Crippen molar-refractivity contribution < 1.29 is 4.79 Å². The van der Waals surface area contributed by atoms with Crippen LogP contribution in [-0.2, 0) is 12.3 Å². The van der Waals surface area contributed by atoms with Crippen molar-refractivity contribution >= 4 is 35.1 Å². The quantitative estimate of drug-likeness (QED) is 0.335. The molecule has 154 valence electrons. The highest BCUT2D eigenvalue weighted by molar-refractivity contribution is 7.98. The molecule has 0 aliphatic carbocycles. The minimum absolute atomic E-state index is 0.0977. The highest BCUT2D eigenvalue weighted by Gasteiger charge is 2.15. The van der Waals surface area contributed by atoms with Crippen LogP contribution < -0.4 is 10.2 Å². The zero-order valence-electron chi connectivity index (χ0n) is 16.4. The van der Waals surface area contributed by atoms with Gasteiger partial charge in [-0.1, -0.05) is 35.5 Å². The third-order valence-corrected chi connectivity index (χ3v) is 5.99. The Morgan fingerprint density at radius 3 is 2.50 bits per heavy atom. The van der Waals surface area contributed by atoms with Gasteiger partial charge in [-0.15, -0.1) is 0 Å². The number of carbonyl (C=O) groups excluding carboxylic acids is 1. The lowest BCUT2D eigenvalue weighted by Crippen LogP contribution is -2.22. The van der Waals surface area contributed by atoms with Crippen molar-refractivity contribution in [1.82, 2.24) is 20.3 Å². The molecule has 1 aliphatic heterocycles. The summed E-state index contributed by atoms with van der Waals surface area (Å²) in [6.45, 7) is 2.51. The maximum absolute atomic E-state index is 12.3. The second-order valence-electron chi connectivity index (χ2n) is 7.05. The van der Waals surface area contributed by atoms with Crippen LogP contribution in [0.1, 0.15) is 34.3 Å². The number of nitrogens with zero attached hydrogens (tertiary/aromatic N) is 4. The summed E-state index contributed by atoms with van der Waals surface area (Å²) in [4.78, 5) is 27.6. The standard InChI is InChI=1S/C22H22ClN5OS/c23-19-13-20(28-11-1-2-12-28)27-22(26-19)30-15-17-3-5-18(6-4-17)21(29)25-14-16-7-9-24-10-8-16/h3-10,13H,1-2,11-12,14-15H2,(H,25,29). The van der Waals surface area contributed by atoms with Gasteiger partial charge in [-0.2, -0.15) is 0 Å². The number of nitrogens with one attached hydrogen (secondary N) is 1. The average molecular weight is 440 g/mol. The molecular weight excluding hydrogens is 418 g/mol. The molecular formula is C22H22ClN5OS. The van der Waals surface area contributed by atoms with Crippen molar-refractivity contribution in [1.29, 1.82) is 0 Å². The molecule has 1 aliphatic rings. The number of amides is 1. The van der Waals surface area contributed by atoms with Gasteiger partial charge >= 0.3 is 0 Å². The second-order valence-corrected chi connectivity index (χ2v) is 8.38. The van der Waals surface area contributed by atoms with Crippen LogP contribution in [0.4, 0.5) is 5.82 Å². The van der Waals surface area contributed by atoms with Gasteiger partial charge in [0, 0.05) is 49.4 Å². The van der Waals surface area contributed by atoms with Crippen molar-refractivity contribution in [2.75, 3.05) is 18.0 Å². The molecule has 1 saturated heterocycles. The van der Waals surface area contributed by atoms with E-state index in [1.54, 1.807) is 24.2 Å². The Labute approximate surface area is 185 Å². The Bertz CT molecular complexity index is 994. The van der Waals surface area contributed by atoms with E-state index < -0.39 is 0 Å². The molecule has 3 heterocycles. The van der Waals surface area contributed by atoms with Gasteiger partial charge in [-0.05, 0) is 48.2 Å². The lowest BCUT2D eigenvalue weighted by atomic mass is 10.1. The second kappa shape index (κ2) is 9.91. The van der Waals surface area contributed by atoms with Crippen LogP contribution in [0.5, 0.6) is 0 Å². The monoisotopic (exact) mass is 439 g/mol. The number of hydrogen-bond donors (Lipinski definition) is 1. The summed E-state index contributed by atoms with van der Waals surface area (Å²) in [5.74, 6) is 1.51. The molecule has 30 heavy (non-hydrogen) atoms. The van der Waals surface area contributed by atoms with Crippen LogP contribution in [0.2, 0.25) is 5.15 Å². The summed E-state index contributed by atoms with van der Waals surface area (Å²) < 4.78 is 0. The summed E-state index contributed by atoms with van der Waals surface area (Å²) >= 11 is 7.74. The molecule has 1 N–H and O–H groups in total. The first-order valence-corrected chi connectivity index (χ1v) is 11.2. The maximum Gasteiger partial charge on any atom is 0.251 e. The van der Waals surface area contributed by atoms with Crippen LogP contribution in [-0.4, -0.2) is 33.9 Å². The smallest absolute Gasteiger partial charge is 0.251 e. The first-order chi connectivity index (χ1) is 14.7. The fourth-order valence-electron chi connectivity index (χ4n) is 3.24. The Balaban J connectivity index is 1.33. The molecule has 1 fully saturated rings. The zero-order valence-corrected chi connectivity index (χ0v) is 18.0. The largest absolute Gasteiger partial charge is 0.356 e. The van der Waals surface area contributed by atoms with Gasteiger partial charge in [0.05, 0.1) is 0 Å². The lowest BCUT2D eigenvalue weighted by Gasteiger charge is -2.16. The fourth-order valence-corrected chi connectivity index (χ4v) is 4.28. The Hall–Kier alpha value is -2.64. The van der Waals surface area contributed by atoms with Gasteiger partial charge < -0.3 is 10.2 Å². The Morgan fingerprint density at radius 1 is 1.03 bits per heavy atom. The molecule has 4 rings (SSSR count). The fraction of sp³-hybridized carbons (Fsp3) is 0.273. The number of carbonyl (C=O) groups is 1. The van der Waals surface area contributed by atoms with E-state index >= 15 is 0 Å². The number of pyridine rings is 1. The van der Waals surface area contributed by atoms with Gasteiger partial charge in [-0.3, -0.25) is 9.78 Å². The van der Waals surface area contributed by atoms with Gasteiger partial charge in [0.1, 0.15) is 11.0 Å². The normalized spacial score (nSPS) is 13.4. The van der Waals surface area contributed by atoms with Gasteiger partial charge in [0.2, 0.25) is 0 Å². The summed E-state index contributed by atoms with van der Waals surface area (Å²) in [5.41, 5.74) is 2.74. The number of aromatic nitrogens is 3. The zero-order chi connectivity index (χ0) is 20.8. The van der Waals surface area contributed by atoms with Crippen LogP contribution >= 0.6 is 23.4 Å². The Kier molecular flexibility index (Phi) is 6.81. The maximum atomic E-state index is 12.3. The molecule has 0 spiro atoms. The first-order valence-electron chi connectivity index (χ1n) is 9.86. The van der Waals surface area contributed by atoms with E-state index in [1.165, 1.54) is 12.8 Å². The average Bonchev–Trinajstić information content (AvgIpc) is 3.32. The van der Waals surface area contributed by atoms with Crippen molar-refractivity contribution in [2.24, 2.45) is 0 Å². The predicted molar refractivity (Wildman–Crippen MR) is 120 cm³/mol. The molecule has 0 saturated carbocycles. The molecule has 1 amide bonds. The van der Waals surface area contributed by atoms with Gasteiger partial charge in [0.15, 0.2) is 5.16 Å². The topological polar surface area (TPSA) is 71.0 Å². The number of rotatable bonds is 7. The number of thioether (sulfide) groups is 1. The molecule has 1 aromatic carbocycles. The summed E-state index contributed by atoms with van der Waals surface area (Å²) in [5, 5.41) is 4.06. The van der Waals surface area contributed by atoms with Crippen molar-refractivity contribution in [2.45, 2.75) is 30.3 Å². The molecule has 3 aromatic rings. The van der Waals surface area contributed by atoms with Gasteiger partial charge in [-0.25, -0.2) is 9.97 Å². The van der Waals surface area contributed by atoms with Crippen molar-refractivity contribution in [3.63, 3.8) is 0 Å². The molecule has 6 nitrogen and oxygen atoms in total. The minimum Gasteiger partial charge on any atom is -0.356 e. The van der Waals surface area contributed by atoms with E-state index in [-0.39, 0.29) is 5.91 Å². The molecule has 8 heteroatoms. The van der Waals surface area contributed by atoms with Crippen LogP contribution in [0.15, 0.2) is 60.0 Å². The third-order valence-electron chi connectivity index (χ3n) is 4.88. The molecule has 0 radical (unpaired) electrons. The summed E-state index contributed by atoms with van der Waals surface area (Å²) in [6.07, 6.45) is 5.80. The van der Waals surface area contributed by atoms with Crippen LogP contribution in [0.3, 0.4) is 0 Å². The number of hydrogen-bond acceptors (Lipinski definition) is 6. The summed E-state index contributed by atoms with van der Waals surface area (Å²) in [6, 6.07) is 13.2. The van der Waals surface area contributed by atoms with E-state index in [2.05, 4.69) is 25.2 Å². The van der Waals surface area contributed by atoms with Gasteiger partial charge in [0.25, 0.3) is 5.91 Å². The number of benzene rings is 1. The van der Waals surface area contributed by atoms with Crippen LogP contribution in [0, 0.1) is 0 Å². The molecule has 0 bridgehead atoms. The van der Waals surface area contributed by atoms with Crippen LogP contribution in [0.25, 0.3) is 0 Å². The van der Waals surface area contributed by atoms with E-state index in [0.717, 1.165) is 30.0 Å². The molecule has 2 aromatic heterocycles. The third kappa shape index (κ3) is 5.49. The summed E-state index contributed by atoms with van der Waals surface area (Å²) in [7, 11) is 0. The number of anilines is 1. The highest BCUT2D eigenvalue weighted by atomic mass is 35.5. The van der Waals surface area contributed by atoms with E-state index in [1.807, 2.05) is 42.5 Å². The first kappa shape index (κ1) is 20.6. The molecule has 0 atom stereocenters. The minimum atomic E-state index is -0.0977. The molecule has 0 unspecified atom stereocenters. The highest BCUT2D eigenvalue weighted by Crippen LogP contribution is 2.26. The SMILES string of the molecule is O=C(NCc1ccncc1)c1ccc(CSc2nc(Cl)cc(N3CCCC3)n2)cc1. The van der Waals surface area contributed by atoms with E-state index in [0.29, 0.717) is 28.2 Å².